The Morgan fingerprint density at radius 3 is 2.56 bits per heavy atom. The van der Waals surface area contributed by atoms with E-state index in [9.17, 15) is 4.79 Å². The van der Waals surface area contributed by atoms with E-state index in [0.29, 0.717) is 18.0 Å². The van der Waals surface area contributed by atoms with Crippen LogP contribution in [0, 0.1) is 6.92 Å². The quantitative estimate of drug-likeness (QED) is 0.671. The lowest BCUT2D eigenvalue weighted by Crippen LogP contribution is -2.33. The molecule has 0 spiro atoms. The molecule has 138 valence electrons. The molecule has 5 nitrogen and oxygen atoms in total. The van der Waals surface area contributed by atoms with Crippen molar-refractivity contribution in [2.45, 2.75) is 19.5 Å². The number of pyridine rings is 1. The van der Waals surface area contributed by atoms with Crippen LogP contribution in [-0.2, 0) is 11.3 Å². The summed E-state index contributed by atoms with van der Waals surface area (Å²) in [6.45, 7) is 2.46. The molecule has 0 aliphatic heterocycles. The number of hydrogen-bond acceptors (Lipinski definition) is 4. The van der Waals surface area contributed by atoms with Crippen LogP contribution < -0.4 is 15.4 Å². The first-order valence-corrected chi connectivity index (χ1v) is 8.81. The highest BCUT2D eigenvalue weighted by Crippen LogP contribution is 2.26. The van der Waals surface area contributed by atoms with Crippen molar-refractivity contribution in [1.29, 1.82) is 0 Å². The van der Waals surface area contributed by atoms with E-state index < -0.39 is 6.04 Å². The maximum atomic E-state index is 13.1. The normalized spacial score (nSPS) is 11.6. The highest BCUT2D eigenvalue weighted by molar-refractivity contribution is 5.96. The maximum absolute atomic E-state index is 13.1. The van der Waals surface area contributed by atoms with Gasteiger partial charge in [0.15, 0.2) is 0 Å². The van der Waals surface area contributed by atoms with Gasteiger partial charge in [0.2, 0.25) is 5.91 Å². The zero-order chi connectivity index (χ0) is 19.1. The van der Waals surface area contributed by atoms with Gasteiger partial charge in [0.25, 0.3) is 0 Å². The zero-order valence-corrected chi connectivity index (χ0v) is 15.5. The fraction of sp³-hybridized carbons (Fsp3) is 0.182. The van der Waals surface area contributed by atoms with E-state index >= 15 is 0 Å². The van der Waals surface area contributed by atoms with Crippen LogP contribution in [-0.4, -0.2) is 18.0 Å². The van der Waals surface area contributed by atoms with Gasteiger partial charge in [-0.05, 0) is 42.3 Å². The molecule has 1 aromatic heterocycles. The largest absolute Gasteiger partial charge is 0.495 e. The van der Waals surface area contributed by atoms with Crippen molar-refractivity contribution in [2.75, 3.05) is 12.4 Å². The summed E-state index contributed by atoms with van der Waals surface area (Å²) in [5.74, 6) is 0.478. The number of amides is 1. The van der Waals surface area contributed by atoms with Gasteiger partial charge in [-0.2, -0.15) is 0 Å². The second-order valence-electron chi connectivity index (χ2n) is 6.24. The molecule has 0 bridgehead atoms. The molecule has 1 heterocycles. The summed E-state index contributed by atoms with van der Waals surface area (Å²) in [7, 11) is 1.59. The highest BCUT2D eigenvalue weighted by atomic mass is 16.5. The minimum atomic E-state index is -0.515. The molecule has 0 radical (unpaired) electrons. The van der Waals surface area contributed by atoms with E-state index in [0.717, 1.165) is 16.8 Å². The Hall–Kier alpha value is -3.18. The smallest absolute Gasteiger partial charge is 0.246 e. The molecule has 3 rings (SSSR count). The Bertz CT molecular complexity index is 883. The van der Waals surface area contributed by atoms with Crippen molar-refractivity contribution in [3.8, 4) is 5.75 Å². The van der Waals surface area contributed by atoms with Crippen LogP contribution in [0.3, 0.4) is 0 Å². The zero-order valence-electron chi connectivity index (χ0n) is 15.5. The molecular weight excluding hydrogens is 338 g/mol. The van der Waals surface area contributed by atoms with Crippen molar-refractivity contribution in [1.82, 2.24) is 10.3 Å². The van der Waals surface area contributed by atoms with Crippen molar-refractivity contribution >= 4 is 11.6 Å². The molecule has 3 aromatic rings. The van der Waals surface area contributed by atoms with Gasteiger partial charge < -0.3 is 10.1 Å². The van der Waals surface area contributed by atoms with Gasteiger partial charge in [-0.25, -0.2) is 0 Å². The lowest BCUT2D eigenvalue weighted by atomic mass is 10.1. The highest BCUT2D eigenvalue weighted by Gasteiger charge is 2.21. The van der Waals surface area contributed by atoms with Crippen LogP contribution in [0.4, 0.5) is 5.69 Å². The average Bonchev–Trinajstić information content (AvgIpc) is 2.70. The summed E-state index contributed by atoms with van der Waals surface area (Å²) in [6, 6.07) is 20.6. The van der Waals surface area contributed by atoms with Gasteiger partial charge >= 0.3 is 0 Å². The Labute approximate surface area is 159 Å². The third-order valence-electron chi connectivity index (χ3n) is 4.22. The number of nitrogens with one attached hydrogen (secondary N) is 2. The molecule has 0 unspecified atom stereocenters. The second-order valence-corrected chi connectivity index (χ2v) is 6.24. The molecule has 2 N–H and O–H groups in total. The van der Waals surface area contributed by atoms with Crippen LogP contribution in [0.15, 0.2) is 72.9 Å². The number of benzene rings is 2. The number of carbonyl (C=O) groups excluding carboxylic acids is 1. The fourth-order valence-electron chi connectivity index (χ4n) is 2.84. The fourth-order valence-corrected chi connectivity index (χ4v) is 2.84. The van der Waals surface area contributed by atoms with Crippen molar-refractivity contribution in [2.24, 2.45) is 0 Å². The van der Waals surface area contributed by atoms with E-state index in [1.807, 2.05) is 73.7 Å². The number of nitrogens with zero attached hydrogens (tertiary/aromatic N) is 1. The van der Waals surface area contributed by atoms with Gasteiger partial charge in [0, 0.05) is 12.7 Å². The summed E-state index contributed by atoms with van der Waals surface area (Å²) < 4.78 is 5.37. The van der Waals surface area contributed by atoms with Crippen LogP contribution in [0.2, 0.25) is 0 Å². The molecule has 0 saturated heterocycles. The van der Waals surface area contributed by atoms with Gasteiger partial charge in [-0.15, -0.1) is 0 Å². The summed E-state index contributed by atoms with van der Waals surface area (Å²) in [5, 5.41) is 6.30. The van der Waals surface area contributed by atoms with E-state index in [4.69, 9.17) is 4.74 Å². The third-order valence-corrected chi connectivity index (χ3v) is 4.22. The number of hydrogen-bond donors (Lipinski definition) is 2. The van der Waals surface area contributed by atoms with Crippen LogP contribution in [0.1, 0.15) is 22.9 Å². The van der Waals surface area contributed by atoms with Crippen molar-refractivity contribution in [3.63, 3.8) is 0 Å². The maximum Gasteiger partial charge on any atom is 0.246 e. The molecule has 0 fully saturated rings. The number of rotatable bonds is 7. The molecule has 0 saturated carbocycles. The van der Waals surface area contributed by atoms with Crippen LogP contribution in [0.25, 0.3) is 0 Å². The number of aryl methyl sites for hydroxylation is 1. The molecule has 0 aliphatic rings. The number of aromatic nitrogens is 1. The van der Waals surface area contributed by atoms with E-state index in [2.05, 4.69) is 15.6 Å². The Morgan fingerprint density at radius 2 is 1.85 bits per heavy atom. The number of methoxy groups -OCH3 is 1. The van der Waals surface area contributed by atoms with Crippen LogP contribution in [0.5, 0.6) is 5.75 Å². The molecule has 1 atom stereocenters. The van der Waals surface area contributed by atoms with Gasteiger partial charge in [-0.3, -0.25) is 15.1 Å². The van der Waals surface area contributed by atoms with Gasteiger partial charge in [0.1, 0.15) is 11.8 Å². The van der Waals surface area contributed by atoms with Crippen LogP contribution >= 0.6 is 0 Å². The van der Waals surface area contributed by atoms with Crippen molar-refractivity contribution < 1.29 is 9.53 Å². The SMILES string of the molecule is COc1ccc(C)cc1NC(=O)[C@@H](NCc1ccccn1)c1ccccc1. The molecule has 2 aromatic carbocycles. The standard InChI is InChI=1S/C22H23N3O2/c1-16-11-12-20(27-2)19(14-16)25-22(26)21(17-8-4-3-5-9-17)24-15-18-10-6-7-13-23-18/h3-14,21,24H,15H2,1-2H3,(H,25,26)/t21-/m0/s1. The first-order valence-electron chi connectivity index (χ1n) is 8.81. The summed E-state index contributed by atoms with van der Waals surface area (Å²) in [4.78, 5) is 17.4. The van der Waals surface area contributed by atoms with Crippen molar-refractivity contribution in [3.05, 3.63) is 89.7 Å². The van der Waals surface area contributed by atoms with Gasteiger partial charge in [-0.1, -0.05) is 42.5 Å². The predicted molar refractivity (Wildman–Crippen MR) is 107 cm³/mol. The van der Waals surface area contributed by atoms with Gasteiger partial charge in [0.05, 0.1) is 18.5 Å². The Kier molecular flexibility index (Phi) is 6.18. The lowest BCUT2D eigenvalue weighted by molar-refractivity contribution is -0.118. The topological polar surface area (TPSA) is 63.2 Å². The third kappa shape index (κ3) is 4.92. The summed E-state index contributed by atoms with van der Waals surface area (Å²) >= 11 is 0. The molecule has 27 heavy (non-hydrogen) atoms. The minimum Gasteiger partial charge on any atom is -0.495 e. The first-order chi connectivity index (χ1) is 13.2. The molecule has 5 heteroatoms. The summed E-state index contributed by atoms with van der Waals surface area (Å²) in [6.07, 6.45) is 1.74. The van der Waals surface area contributed by atoms with E-state index in [1.54, 1.807) is 13.3 Å². The minimum absolute atomic E-state index is 0.152. The number of carbonyl (C=O) groups is 1. The van der Waals surface area contributed by atoms with E-state index in [-0.39, 0.29) is 5.91 Å². The Balaban J connectivity index is 1.82. The Morgan fingerprint density at radius 1 is 1.07 bits per heavy atom. The predicted octanol–water partition coefficient (Wildman–Crippen LogP) is 3.87. The summed E-state index contributed by atoms with van der Waals surface area (Å²) in [5.41, 5.74) is 3.46. The second kappa shape index (κ2) is 8.96. The lowest BCUT2D eigenvalue weighted by Gasteiger charge is -2.20. The monoisotopic (exact) mass is 361 g/mol. The molecule has 1 amide bonds. The molecule has 0 aliphatic carbocycles. The number of anilines is 1. The molecular formula is C22H23N3O2. The van der Waals surface area contributed by atoms with E-state index in [1.165, 1.54) is 0 Å². The number of ether oxygens (including phenoxy) is 1. The average molecular weight is 361 g/mol. The first kappa shape index (κ1) is 18.6.